The summed E-state index contributed by atoms with van der Waals surface area (Å²) in [6.07, 6.45) is 1.11. The number of carbonyl (C=O) groups is 1. The number of thiophene rings is 1. The van der Waals surface area contributed by atoms with Crippen molar-refractivity contribution in [2.75, 3.05) is 40.5 Å². The van der Waals surface area contributed by atoms with Gasteiger partial charge in [-0.3, -0.25) is 0 Å². The standard InChI is InChI=1S/C26H29NO6S/c1-30-23-6-3-4-7-24(23)32-14-13-27-17-20(28)18-33-21-11-9-19(10-12-21)16-22(26(29)31-2)25-8-5-15-34-25/h3-12,15-16,20,27-28H,13-14,17-18H2,1-2H3. The van der Waals surface area contributed by atoms with Crippen molar-refractivity contribution in [1.29, 1.82) is 0 Å². The Balaban J connectivity index is 1.41. The number of ether oxygens (including phenoxy) is 4. The van der Waals surface area contributed by atoms with Crippen LogP contribution in [0.2, 0.25) is 0 Å². The van der Waals surface area contributed by atoms with Crippen LogP contribution >= 0.6 is 11.3 Å². The third-order valence-corrected chi connectivity index (χ3v) is 5.71. The summed E-state index contributed by atoms with van der Waals surface area (Å²) < 4.78 is 21.5. The zero-order chi connectivity index (χ0) is 24.2. The fraction of sp³-hybridized carbons (Fsp3) is 0.269. The summed E-state index contributed by atoms with van der Waals surface area (Å²) in [6, 6.07) is 18.5. The Morgan fingerprint density at radius 3 is 2.47 bits per heavy atom. The maximum absolute atomic E-state index is 12.1. The second-order valence-corrected chi connectivity index (χ2v) is 8.21. The number of benzene rings is 2. The molecule has 8 heteroatoms. The smallest absolute Gasteiger partial charge is 0.339 e. The van der Waals surface area contributed by atoms with Gasteiger partial charge in [0.25, 0.3) is 0 Å². The lowest BCUT2D eigenvalue weighted by Gasteiger charge is -2.14. The lowest BCUT2D eigenvalue weighted by atomic mass is 10.1. The van der Waals surface area contributed by atoms with E-state index >= 15 is 0 Å². The van der Waals surface area contributed by atoms with E-state index in [-0.39, 0.29) is 12.6 Å². The number of carbonyl (C=O) groups excluding carboxylic acids is 1. The van der Waals surface area contributed by atoms with E-state index in [9.17, 15) is 9.90 Å². The molecule has 2 aromatic carbocycles. The van der Waals surface area contributed by atoms with Gasteiger partial charge in [-0.15, -0.1) is 11.3 Å². The van der Waals surface area contributed by atoms with Crippen LogP contribution in [0.15, 0.2) is 66.0 Å². The Labute approximate surface area is 203 Å². The van der Waals surface area contributed by atoms with Gasteiger partial charge in [0.1, 0.15) is 25.1 Å². The van der Waals surface area contributed by atoms with Crippen LogP contribution in [0.25, 0.3) is 11.6 Å². The molecule has 2 N–H and O–H groups in total. The van der Waals surface area contributed by atoms with Crippen molar-refractivity contribution in [3.05, 3.63) is 76.5 Å². The molecule has 0 aliphatic heterocycles. The van der Waals surface area contributed by atoms with Crippen molar-refractivity contribution in [2.24, 2.45) is 0 Å². The first-order valence-electron chi connectivity index (χ1n) is 10.8. The molecule has 1 atom stereocenters. The van der Waals surface area contributed by atoms with Crippen LogP contribution < -0.4 is 19.5 Å². The van der Waals surface area contributed by atoms with Gasteiger partial charge in [-0.05, 0) is 47.4 Å². The largest absolute Gasteiger partial charge is 0.493 e. The third kappa shape index (κ3) is 7.62. The lowest BCUT2D eigenvalue weighted by Crippen LogP contribution is -2.33. The summed E-state index contributed by atoms with van der Waals surface area (Å²) in [5, 5.41) is 15.2. The number of methoxy groups -OCH3 is 2. The van der Waals surface area contributed by atoms with E-state index in [4.69, 9.17) is 18.9 Å². The van der Waals surface area contributed by atoms with Crippen molar-refractivity contribution < 1.29 is 28.8 Å². The Morgan fingerprint density at radius 1 is 1.03 bits per heavy atom. The molecule has 1 unspecified atom stereocenters. The number of aliphatic hydroxyl groups is 1. The van der Waals surface area contributed by atoms with Gasteiger partial charge in [-0.25, -0.2) is 4.79 Å². The summed E-state index contributed by atoms with van der Waals surface area (Å²) in [7, 11) is 2.97. The monoisotopic (exact) mass is 483 g/mol. The van der Waals surface area contributed by atoms with E-state index in [0.29, 0.717) is 42.5 Å². The van der Waals surface area contributed by atoms with Crippen molar-refractivity contribution in [1.82, 2.24) is 5.32 Å². The summed E-state index contributed by atoms with van der Waals surface area (Å²) in [6.45, 7) is 1.54. The molecule has 0 fully saturated rings. The van der Waals surface area contributed by atoms with Crippen LogP contribution in [-0.4, -0.2) is 57.7 Å². The van der Waals surface area contributed by atoms with E-state index in [0.717, 1.165) is 10.4 Å². The minimum absolute atomic E-state index is 0.151. The molecule has 180 valence electrons. The van der Waals surface area contributed by atoms with Crippen LogP contribution in [0.1, 0.15) is 10.4 Å². The van der Waals surface area contributed by atoms with Gasteiger partial charge in [0, 0.05) is 18.0 Å². The highest BCUT2D eigenvalue weighted by Gasteiger charge is 2.13. The first-order valence-corrected chi connectivity index (χ1v) is 11.7. The molecule has 1 heterocycles. The molecule has 1 aromatic heterocycles. The number of rotatable bonds is 13. The maximum atomic E-state index is 12.1. The second-order valence-electron chi connectivity index (χ2n) is 7.26. The van der Waals surface area contributed by atoms with Gasteiger partial charge in [-0.2, -0.15) is 0 Å². The number of aliphatic hydroxyl groups excluding tert-OH is 1. The minimum Gasteiger partial charge on any atom is -0.493 e. The molecular weight excluding hydrogens is 454 g/mol. The zero-order valence-electron chi connectivity index (χ0n) is 19.2. The van der Waals surface area contributed by atoms with Crippen molar-refractivity contribution in [2.45, 2.75) is 6.10 Å². The Hall–Kier alpha value is -3.33. The van der Waals surface area contributed by atoms with E-state index in [1.807, 2.05) is 53.9 Å². The number of esters is 1. The Morgan fingerprint density at radius 2 is 1.79 bits per heavy atom. The highest BCUT2D eigenvalue weighted by atomic mass is 32.1. The van der Waals surface area contributed by atoms with Gasteiger partial charge in [-0.1, -0.05) is 30.3 Å². The van der Waals surface area contributed by atoms with Crippen LogP contribution in [0.5, 0.6) is 17.2 Å². The van der Waals surface area contributed by atoms with E-state index in [2.05, 4.69) is 5.32 Å². The van der Waals surface area contributed by atoms with Crippen LogP contribution in [0.4, 0.5) is 0 Å². The van der Waals surface area contributed by atoms with E-state index < -0.39 is 6.10 Å². The average molecular weight is 484 g/mol. The normalized spacial score (nSPS) is 12.1. The molecule has 3 rings (SSSR count). The lowest BCUT2D eigenvalue weighted by molar-refractivity contribution is -0.133. The van der Waals surface area contributed by atoms with Gasteiger partial charge >= 0.3 is 5.97 Å². The topological polar surface area (TPSA) is 86.3 Å². The molecule has 0 aliphatic rings. The number of hydrogen-bond acceptors (Lipinski definition) is 8. The molecular formula is C26H29NO6S. The van der Waals surface area contributed by atoms with Crippen LogP contribution in [0, 0.1) is 0 Å². The van der Waals surface area contributed by atoms with Gasteiger partial charge in [0.05, 0.1) is 19.8 Å². The number of nitrogens with one attached hydrogen (secondary N) is 1. The molecule has 3 aromatic rings. The highest BCUT2D eigenvalue weighted by molar-refractivity contribution is 7.11. The maximum Gasteiger partial charge on any atom is 0.339 e. The summed E-state index contributed by atoms with van der Waals surface area (Å²) in [5.74, 6) is 1.62. The van der Waals surface area contributed by atoms with Crippen molar-refractivity contribution in [3.8, 4) is 17.2 Å². The molecule has 0 saturated carbocycles. The summed E-state index contributed by atoms with van der Waals surface area (Å²) >= 11 is 1.48. The summed E-state index contributed by atoms with van der Waals surface area (Å²) in [4.78, 5) is 13.0. The fourth-order valence-corrected chi connectivity index (χ4v) is 3.82. The van der Waals surface area contributed by atoms with E-state index in [1.165, 1.54) is 18.4 Å². The van der Waals surface area contributed by atoms with Crippen LogP contribution in [-0.2, 0) is 9.53 Å². The third-order valence-electron chi connectivity index (χ3n) is 4.81. The van der Waals surface area contributed by atoms with Crippen LogP contribution in [0.3, 0.4) is 0 Å². The molecule has 0 aliphatic carbocycles. The fourth-order valence-electron chi connectivity index (χ4n) is 3.09. The predicted octanol–water partition coefficient (Wildman–Crippen LogP) is 3.88. The summed E-state index contributed by atoms with van der Waals surface area (Å²) in [5.41, 5.74) is 1.35. The Bertz CT molecular complexity index is 1050. The molecule has 34 heavy (non-hydrogen) atoms. The molecule has 0 radical (unpaired) electrons. The van der Waals surface area contributed by atoms with Gasteiger partial charge < -0.3 is 29.4 Å². The quantitative estimate of drug-likeness (QED) is 0.217. The molecule has 7 nitrogen and oxygen atoms in total. The Kier molecular flexibility index (Phi) is 9.97. The average Bonchev–Trinajstić information content (AvgIpc) is 3.41. The second kappa shape index (κ2) is 13.4. The first-order chi connectivity index (χ1) is 16.6. The first kappa shape index (κ1) is 25.3. The molecule has 0 saturated heterocycles. The zero-order valence-corrected chi connectivity index (χ0v) is 20.0. The van der Waals surface area contributed by atoms with Gasteiger partial charge in [0.15, 0.2) is 11.5 Å². The predicted molar refractivity (Wildman–Crippen MR) is 134 cm³/mol. The molecule has 0 amide bonds. The molecule has 0 spiro atoms. The van der Waals surface area contributed by atoms with E-state index in [1.54, 1.807) is 25.3 Å². The molecule has 0 bridgehead atoms. The minimum atomic E-state index is -0.671. The van der Waals surface area contributed by atoms with Gasteiger partial charge in [0.2, 0.25) is 0 Å². The number of para-hydroxylation sites is 2. The van der Waals surface area contributed by atoms with Crippen molar-refractivity contribution >= 4 is 29.0 Å². The SMILES string of the molecule is COC(=O)C(=Cc1ccc(OCC(O)CNCCOc2ccccc2OC)cc1)c1cccs1. The highest BCUT2D eigenvalue weighted by Crippen LogP contribution is 2.26. The van der Waals surface area contributed by atoms with Crippen molar-refractivity contribution in [3.63, 3.8) is 0 Å². The number of hydrogen-bond donors (Lipinski definition) is 2.